The fourth-order valence-corrected chi connectivity index (χ4v) is 4.66. The van der Waals surface area contributed by atoms with Crippen LogP contribution >= 0.6 is 23.5 Å². The van der Waals surface area contributed by atoms with Gasteiger partial charge in [0.2, 0.25) is 0 Å². The Labute approximate surface area is 178 Å². The molecule has 0 unspecified atom stereocenters. The van der Waals surface area contributed by atoms with Gasteiger partial charge in [-0.25, -0.2) is 9.97 Å². The molecule has 0 fully saturated rings. The Kier molecular flexibility index (Phi) is 6.31. The maximum atomic E-state index is 5.56. The van der Waals surface area contributed by atoms with Crippen molar-refractivity contribution in [2.24, 2.45) is 0 Å². The lowest BCUT2D eigenvalue weighted by Gasteiger charge is -2.09. The van der Waals surface area contributed by atoms with Crippen LogP contribution in [0.4, 0.5) is 0 Å². The van der Waals surface area contributed by atoms with E-state index in [9.17, 15) is 0 Å². The van der Waals surface area contributed by atoms with E-state index in [0.717, 1.165) is 39.0 Å². The second-order valence-corrected chi connectivity index (χ2v) is 8.45. The minimum Gasteiger partial charge on any atom is -0.467 e. The zero-order valence-corrected chi connectivity index (χ0v) is 17.9. The zero-order chi connectivity index (χ0) is 20.1. The topological polar surface area (TPSA) is 69.6 Å². The van der Waals surface area contributed by atoms with E-state index < -0.39 is 0 Å². The molecule has 0 saturated carbocycles. The van der Waals surface area contributed by atoms with Gasteiger partial charge in [0, 0.05) is 17.1 Å². The molecule has 0 aliphatic rings. The van der Waals surface area contributed by atoms with Crippen LogP contribution in [0.3, 0.4) is 0 Å². The van der Waals surface area contributed by atoms with Gasteiger partial charge in [0.05, 0.1) is 18.6 Å². The molecule has 6 nitrogen and oxygen atoms in total. The molecular weight excluding hydrogens is 402 g/mol. The molecule has 148 valence electrons. The summed E-state index contributed by atoms with van der Waals surface area (Å²) in [5.41, 5.74) is 3.19. The van der Waals surface area contributed by atoms with Gasteiger partial charge < -0.3 is 4.42 Å². The molecule has 0 saturated heterocycles. The Bertz CT molecular complexity index is 1040. The number of thioether (sulfide) groups is 2. The van der Waals surface area contributed by atoms with Crippen LogP contribution in [0.1, 0.15) is 28.5 Å². The van der Waals surface area contributed by atoms with Crippen molar-refractivity contribution in [2.45, 2.75) is 42.2 Å². The molecule has 29 heavy (non-hydrogen) atoms. The summed E-state index contributed by atoms with van der Waals surface area (Å²) >= 11 is 3.25. The monoisotopic (exact) mass is 423 g/mol. The smallest absolute Gasteiger partial charge is 0.191 e. The number of rotatable bonds is 8. The molecule has 0 aliphatic carbocycles. The molecule has 3 heterocycles. The second kappa shape index (κ2) is 9.28. The predicted octanol–water partition coefficient (Wildman–Crippen LogP) is 4.91. The highest BCUT2D eigenvalue weighted by molar-refractivity contribution is 7.98. The molecule has 0 atom stereocenters. The Morgan fingerprint density at radius 3 is 2.41 bits per heavy atom. The number of furan rings is 1. The third-order valence-electron chi connectivity index (χ3n) is 4.19. The van der Waals surface area contributed by atoms with Gasteiger partial charge >= 0.3 is 0 Å². The van der Waals surface area contributed by atoms with Gasteiger partial charge in [-0.05, 0) is 37.6 Å². The molecule has 3 aromatic heterocycles. The molecule has 4 aromatic rings. The number of aryl methyl sites for hydroxylation is 2. The molecule has 0 aliphatic heterocycles. The maximum absolute atomic E-state index is 5.56. The van der Waals surface area contributed by atoms with Gasteiger partial charge in [0.15, 0.2) is 10.3 Å². The molecule has 4 rings (SSSR count). The van der Waals surface area contributed by atoms with Crippen LogP contribution in [0.5, 0.6) is 0 Å². The van der Waals surface area contributed by atoms with Crippen molar-refractivity contribution in [2.75, 3.05) is 0 Å². The van der Waals surface area contributed by atoms with Gasteiger partial charge in [0.1, 0.15) is 11.6 Å². The third-order valence-corrected chi connectivity index (χ3v) is 6.07. The molecule has 1 aromatic carbocycles. The minimum absolute atomic E-state index is 0.598. The van der Waals surface area contributed by atoms with E-state index in [-0.39, 0.29) is 0 Å². The highest BCUT2D eigenvalue weighted by Crippen LogP contribution is 2.26. The highest BCUT2D eigenvalue weighted by Gasteiger charge is 2.15. The second-order valence-electron chi connectivity index (χ2n) is 6.56. The number of aromatic nitrogens is 5. The van der Waals surface area contributed by atoms with Crippen LogP contribution in [0, 0.1) is 13.8 Å². The van der Waals surface area contributed by atoms with Crippen LogP contribution in [0.25, 0.3) is 0 Å². The van der Waals surface area contributed by atoms with E-state index in [2.05, 4.69) is 49.0 Å². The summed E-state index contributed by atoms with van der Waals surface area (Å²) in [5, 5.41) is 10.5. The molecule has 0 bridgehead atoms. The summed E-state index contributed by atoms with van der Waals surface area (Å²) in [5.74, 6) is 3.23. The van der Waals surface area contributed by atoms with Crippen LogP contribution in [0.2, 0.25) is 0 Å². The van der Waals surface area contributed by atoms with Gasteiger partial charge in [-0.15, -0.1) is 10.2 Å². The Morgan fingerprint density at radius 1 is 0.897 bits per heavy atom. The Balaban J connectivity index is 1.53. The predicted molar refractivity (Wildman–Crippen MR) is 115 cm³/mol. The highest BCUT2D eigenvalue weighted by atomic mass is 32.2. The Hall–Kier alpha value is -2.58. The summed E-state index contributed by atoms with van der Waals surface area (Å²) in [6.45, 7) is 4.56. The molecule has 0 radical (unpaired) electrons. The van der Waals surface area contributed by atoms with Crippen LogP contribution in [-0.4, -0.2) is 24.7 Å². The third kappa shape index (κ3) is 5.27. The van der Waals surface area contributed by atoms with Crippen LogP contribution in [0.15, 0.2) is 69.5 Å². The molecule has 0 N–H and O–H groups in total. The first-order valence-electron chi connectivity index (χ1n) is 9.23. The van der Waals surface area contributed by atoms with Crippen LogP contribution < -0.4 is 0 Å². The van der Waals surface area contributed by atoms with Crippen LogP contribution in [-0.2, 0) is 18.1 Å². The first kappa shape index (κ1) is 19.7. The summed E-state index contributed by atoms with van der Waals surface area (Å²) in [7, 11) is 0. The van der Waals surface area contributed by atoms with Crippen molar-refractivity contribution in [1.82, 2.24) is 24.7 Å². The maximum Gasteiger partial charge on any atom is 0.191 e. The number of nitrogens with zero attached hydrogens (tertiary/aromatic N) is 5. The quantitative estimate of drug-likeness (QED) is 0.294. The SMILES string of the molecule is Cc1cc(C)nc(SCc2nnc(SCc3ccccc3)n2Cc2ccco2)n1. The molecule has 0 spiro atoms. The van der Waals surface area contributed by atoms with E-state index in [1.807, 2.05) is 38.1 Å². The zero-order valence-electron chi connectivity index (χ0n) is 16.3. The minimum atomic E-state index is 0.598. The fraction of sp³-hybridized carbons (Fsp3) is 0.238. The van der Waals surface area contributed by atoms with Crippen molar-refractivity contribution in [1.29, 1.82) is 0 Å². The summed E-state index contributed by atoms with van der Waals surface area (Å²) in [4.78, 5) is 9.02. The fourth-order valence-electron chi connectivity index (χ4n) is 2.86. The van der Waals surface area contributed by atoms with Crippen molar-refractivity contribution < 1.29 is 4.42 Å². The first-order valence-corrected chi connectivity index (χ1v) is 11.2. The lowest BCUT2D eigenvalue weighted by Crippen LogP contribution is -2.06. The van der Waals surface area contributed by atoms with Gasteiger partial charge in [-0.1, -0.05) is 53.9 Å². The number of benzene rings is 1. The molecule has 8 heteroatoms. The Morgan fingerprint density at radius 2 is 1.69 bits per heavy atom. The normalized spacial score (nSPS) is 11.1. The van der Waals surface area contributed by atoms with Gasteiger partial charge in [0.25, 0.3) is 0 Å². The lowest BCUT2D eigenvalue weighted by atomic mass is 10.2. The van der Waals surface area contributed by atoms with Crippen molar-refractivity contribution in [3.63, 3.8) is 0 Å². The van der Waals surface area contributed by atoms with Crippen molar-refractivity contribution in [3.8, 4) is 0 Å². The standard InChI is InChI=1S/C21H21N5OS2/c1-15-11-16(2)23-20(22-15)28-14-19-24-25-21(26(19)12-18-9-6-10-27-18)29-13-17-7-4-3-5-8-17/h3-11H,12-14H2,1-2H3. The summed E-state index contributed by atoms with van der Waals surface area (Å²) < 4.78 is 7.67. The molecular formula is C21H21N5OS2. The average Bonchev–Trinajstić information content (AvgIpc) is 3.35. The average molecular weight is 424 g/mol. The van der Waals surface area contributed by atoms with E-state index >= 15 is 0 Å². The van der Waals surface area contributed by atoms with E-state index in [4.69, 9.17) is 4.42 Å². The number of hydrogen-bond donors (Lipinski definition) is 0. The van der Waals surface area contributed by atoms with Gasteiger partial charge in [-0.2, -0.15) is 0 Å². The van der Waals surface area contributed by atoms with E-state index in [1.54, 1.807) is 29.8 Å². The largest absolute Gasteiger partial charge is 0.467 e. The summed E-state index contributed by atoms with van der Waals surface area (Å²) in [6.07, 6.45) is 1.69. The number of hydrogen-bond acceptors (Lipinski definition) is 7. The van der Waals surface area contributed by atoms with E-state index in [0.29, 0.717) is 12.3 Å². The van der Waals surface area contributed by atoms with Gasteiger partial charge in [-0.3, -0.25) is 4.57 Å². The van der Waals surface area contributed by atoms with E-state index in [1.165, 1.54) is 5.56 Å². The lowest BCUT2D eigenvalue weighted by molar-refractivity contribution is 0.480. The first-order chi connectivity index (χ1) is 14.2. The summed E-state index contributed by atoms with van der Waals surface area (Å²) in [6, 6.07) is 16.2. The van der Waals surface area contributed by atoms with Crippen molar-refractivity contribution in [3.05, 3.63) is 83.3 Å². The molecule has 0 amide bonds. The van der Waals surface area contributed by atoms with Crippen molar-refractivity contribution >= 4 is 23.5 Å².